The van der Waals surface area contributed by atoms with Crippen molar-refractivity contribution >= 4 is 33.3 Å². The van der Waals surface area contributed by atoms with E-state index < -0.39 is 0 Å². The molecule has 0 saturated heterocycles. The molecule has 182 valence electrons. The number of nitrogens with zero attached hydrogens (tertiary/aromatic N) is 4. The summed E-state index contributed by atoms with van der Waals surface area (Å²) < 4.78 is 1.09. The molecule has 8 heteroatoms. The van der Waals surface area contributed by atoms with Gasteiger partial charge in [-0.25, -0.2) is 9.97 Å². The fourth-order valence-corrected chi connectivity index (χ4v) is 5.95. The Morgan fingerprint density at radius 2 is 1.89 bits per heavy atom. The zero-order valence-corrected chi connectivity index (χ0v) is 21.4. The predicted molar refractivity (Wildman–Crippen MR) is 143 cm³/mol. The van der Waals surface area contributed by atoms with E-state index >= 15 is 0 Å². The van der Waals surface area contributed by atoms with Crippen LogP contribution in [0, 0.1) is 25.7 Å². The van der Waals surface area contributed by atoms with Crippen LogP contribution in [0.5, 0.6) is 0 Å². The Bertz CT molecular complexity index is 1290. The van der Waals surface area contributed by atoms with Gasteiger partial charge in [0, 0.05) is 18.8 Å². The summed E-state index contributed by atoms with van der Waals surface area (Å²) in [4.78, 5) is 18.9. The minimum atomic E-state index is 0.0615. The summed E-state index contributed by atoms with van der Waals surface area (Å²) >= 11 is 1.63. The molecule has 1 aliphatic rings. The molecule has 0 aliphatic heterocycles. The van der Waals surface area contributed by atoms with Gasteiger partial charge in [0.25, 0.3) is 0 Å². The Kier molecular flexibility index (Phi) is 6.67. The summed E-state index contributed by atoms with van der Waals surface area (Å²) in [6.45, 7) is 8.69. The van der Waals surface area contributed by atoms with Crippen molar-refractivity contribution in [1.82, 2.24) is 19.9 Å². The summed E-state index contributed by atoms with van der Waals surface area (Å²) in [5, 5.41) is 17.8. The molecule has 35 heavy (non-hydrogen) atoms. The Labute approximate surface area is 210 Å². The maximum atomic E-state index is 9.72. The molecule has 0 radical (unpaired) electrons. The monoisotopic (exact) mass is 488 g/mol. The Hall–Kier alpha value is -3.10. The van der Waals surface area contributed by atoms with Crippen LogP contribution in [0.4, 0.5) is 11.8 Å². The molecule has 4 atom stereocenters. The van der Waals surface area contributed by atoms with E-state index in [1.165, 1.54) is 11.1 Å². The summed E-state index contributed by atoms with van der Waals surface area (Å²) in [7, 11) is 0. The van der Waals surface area contributed by atoms with Crippen LogP contribution in [-0.4, -0.2) is 37.7 Å². The molecule has 1 aliphatic carbocycles. The fraction of sp³-hybridized carbons (Fsp3) is 0.407. The summed E-state index contributed by atoms with van der Waals surface area (Å²) in [5.74, 6) is 2.15. The molecule has 1 fully saturated rings. The molecule has 0 bridgehead atoms. The third-order valence-corrected chi connectivity index (χ3v) is 8.03. The first-order valence-electron chi connectivity index (χ1n) is 12.2. The van der Waals surface area contributed by atoms with E-state index in [-0.39, 0.29) is 18.7 Å². The lowest BCUT2D eigenvalue weighted by Gasteiger charge is -2.22. The van der Waals surface area contributed by atoms with E-state index in [4.69, 9.17) is 15.0 Å². The fourth-order valence-electron chi connectivity index (χ4n) is 4.92. The molecule has 7 nitrogen and oxygen atoms in total. The quantitative estimate of drug-likeness (QED) is 0.304. The van der Waals surface area contributed by atoms with Gasteiger partial charge in [-0.2, -0.15) is 4.98 Å². The van der Waals surface area contributed by atoms with Gasteiger partial charge in [0.1, 0.15) is 16.3 Å². The average Bonchev–Trinajstić information content (AvgIpc) is 3.42. The summed E-state index contributed by atoms with van der Waals surface area (Å²) in [5.41, 5.74) is 5.10. The maximum absolute atomic E-state index is 9.72. The lowest BCUT2D eigenvalue weighted by molar-refractivity contribution is 0.226. The number of benzene rings is 1. The highest BCUT2D eigenvalue weighted by molar-refractivity contribution is 7.21. The number of hydrogen-bond acceptors (Lipinski definition) is 8. The van der Waals surface area contributed by atoms with Crippen LogP contribution in [0.15, 0.2) is 42.7 Å². The number of aliphatic hydroxyl groups is 1. The van der Waals surface area contributed by atoms with Crippen LogP contribution in [0.25, 0.3) is 20.8 Å². The number of rotatable bonds is 7. The highest BCUT2D eigenvalue weighted by Gasteiger charge is 2.32. The molecule has 0 amide bonds. The number of aromatic nitrogens is 4. The number of fused-ring (bicyclic) bond motifs is 1. The molecule has 1 unspecified atom stereocenters. The molecule has 3 N–H and O–H groups in total. The number of aliphatic hydroxyl groups excluding tert-OH is 1. The average molecular weight is 489 g/mol. The second-order valence-electron chi connectivity index (χ2n) is 9.74. The zero-order valence-electron chi connectivity index (χ0n) is 20.6. The van der Waals surface area contributed by atoms with Gasteiger partial charge >= 0.3 is 0 Å². The molecule has 4 aromatic rings. The van der Waals surface area contributed by atoms with Crippen molar-refractivity contribution in [3.63, 3.8) is 0 Å². The van der Waals surface area contributed by atoms with Gasteiger partial charge in [-0.05, 0) is 57.1 Å². The van der Waals surface area contributed by atoms with E-state index in [2.05, 4.69) is 60.7 Å². The van der Waals surface area contributed by atoms with Crippen LogP contribution < -0.4 is 10.6 Å². The Morgan fingerprint density at radius 1 is 1.09 bits per heavy atom. The van der Waals surface area contributed by atoms with E-state index in [1.807, 2.05) is 13.0 Å². The van der Waals surface area contributed by atoms with Gasteiger partial charge < -0.3 is 15.7 Å². The second kappa shape index (κ2) is 9.87. The molecular formula is C27H32N6OS. The number of nitrogens with one attached hydrogen (secondary N) is 2. The Morgan fingerprint density at radius 3 is 2.60 bits per heavy atom. The van der Waals surface area contributed by atoms with Gasteiger partial charge in [-0.15, -0.1) is 11.3 Å². The largest absolute Gasteiger partial charge is 0.396 e. The Balaban J connectivity index is 1.52. The molecule has 3 aromatic heterocycles. The molecule has 1 saturated carbocycles. The van der Waals surface area contributed by atoms with Crippen LogP contribution in [0.3, 0.4) is 0 Å². The first-order chi connectivity index (χ1) is 16.9. The van der Waals surface area contributed by atoms with Gasteiger partial charge in [0.15, 0.2) is 0 Å². The number of thiazole rings is 1. The molecule has 0 spiro atoms. The van der Waals surface area contributed by atoms with Crippen molar-refractivity contribution in [2.75, 3.05) is 17.2 Å². The SMILES string of the molecule is Cc1ccc([C@@H](C)Nc2nc(C)c(-c3nc4cnccc4s3)c(N[C@@H]3CC(CO)C[C@@H]3C)n2)cc1. The van der Waals surface area contributed by atoms with E-state index in [0.717, 1.165) is 45.1 Å². The van der Waals surface area contributed by atoms with Gasteiger partial charge in [0.05, 0.1) is 28.2 Å². The predicted octanol–water partition coefficient (Wildman–Crippen LogP) is 5.76. The molecule has 5 rings (SSSR count). The third-order valence-electron chi connectivity index (χ3n) is 6.98. The van der Waals surface area contributed by atoms with Crippen LogP contribution in [-0.2, 0) is 0 Å². The maximum Gasteiger partial charge on any atom is 0.225 e. The van der Waals surface area contributed by atoms with Crippen LogP contribution >= 0.6 is 11.3 Å². The summed E-state index contributed by atoms with van der Waals surface area (Å²) in [6.07, 6.45) is 5.52. The smallest absolute Gasteiger partial charge is 0.225 e. The van der Waals surface area contributed by atoms with E-state index in [9.17, 15) is 5.11 Å². The van der Waals surface area contributed by atoms with Crippen LogP contribution in [0.2, 0.25) is 0 Å². The van der Waals surface area contributed by atoms with Crippen molar-refractivity contribution in [1.29, 1.82) is 0 Å². The van der Waals surface area contributed by atoms with Gasteiger partial charge in [0.2, 0.25) is 5.95 Å². The van der Waals surface area contributed by atoms with E-state index in [1.54, 1.807) is 23.7 Å². The van der Waals surface area contributed by atoms with Crippen LogP contribution in [0.1, 0.15) is 49.6 Å². The summed E-state index contributed by atoms with van der Waals surface area (Å²) in [6, 6.07) is 10.8. The topological polar surface area (TPSA) is 95.9 Å². The second-order valence-corrected chi connectivity index (χ2v) is 10.8. The highest BCUT2D eigenvalue weighted by atomic mass is 32.1. The van der Waals surface area contributed by atoms with Crippen molar-refractivity contribution in [2.24, 2.45) is 11.8 Å². The minimum absolute atomic E-state index is 0.0615. The molecular weight excluding hydrogens is 456 g/mol. The number of aryl methyl sites for hydroxylation is 2. The lowest BCUT2D eigenvalue weighted by atomic mass is 10.1. The van der Waals surface area contributed by atoms with Gasteiger partial charge in [-0.1, -0.05) is 36.8 Å². The third kappa shape index (κ3) is 4.99. The molecule has 3 heterocycles. The first-order valence-corrected chi connectivity index (χ1v) is 13.0. The highest BCUT2D eigenvalue weighted by Crippen LogP contribution is 2.39. The number of hydrogen-bond donors (Lipinski definition) is 3. The molecule has 1 aromatic carbocycles. The number of pyridine rings is 1. The van der Waals surface area contributed by atoms with Crippen molar-refractivity contribution in [2.45, 2.75) is 52.6 Å². The number of anilines is 2. The lowest BCUT2D eigenvalue weighted by Crippen LogP contribution is -2.24. The van der Waals surface area contributed by atoms with E-state index in [0.29, 0.717) is 17.8 Å². The normalized spacial score (nSPS) is 20.8. The van der Waals surface area contributed by atoms with Crippen molar-refractivity contribution in [3.8, 4) is 10.6 Å². The standard InChI is InChI=1S/C27H32N6OS/c1-15-5-7-20(8-6-15)17(3)29-27-30-18(4)24(26-32-22-13-28-10-9-23(22)35-26)25(33-27)31-21-12-19(14-34)11-16(21)2/h5-10,13,16-17,19,21,34H,11-12,14H2,1-4H3,(H2,29,30,31,33)/t16-,17+,19?,21+/m0/s1. The van der Waals surface area contributed by atoms with Crippen molar-refractivity contribution in [3.05, 3.63) is 59.5 Å². The van der Waals surface area contributed by atoms with Crippen molar-refractivity contribution < 1.29 is 5.11 Å². The van der Waals surface area contributed by atoms with Gasteiger partial charge in [-0.3, -0.25) is 4.98 Å². The first kappa shape index (κ1) is 23.6. The minimum Gasteiger partial charge on any atom is -0.396 e. The zero-order chi connectivity index (χ0) is 24.5.